The lowest BCUT2D eigenvalue weighted by atomic mass is 9.98. The monoisotopic (exact) mass is 233 g/mol. The third-order valence-corrected chi connectivity index (χ3v) is 3.03. The molecule has 0 aliphatic carbocycles. The number of hydrogen-bond acceptors (Lipinski definition) is 2. The summed E-state index contributed by atoms with van der Waals surface area (Å²) in [6, 6.07) is 5.74. The molecular formula is C14H19NO2. The molecule has 1 aliphatic rings. The first-order valence-electron chi connectivity index (χ1n) is 6.21. The van der Waals surface area contributed by atoms with Crippen molar-refractivity contribution in [1.29, 1.82) is 0 Å². The first-order chi connectivity index (χ1) is 8.13. The fourth-order valence-electron chi connectivity index (χ4n) is 2.21. The number of benzene rings is 1. The van der Waals surface area contributed by atoms with Crippen molar-refractivity contribution < 1.29 is 9.53 Å². The molecule has 17 heavy (non-hydrogen) atoms. The molecule has 92 valence electrons. The Morgan fingerprint density at radius 3 is 2.82 bits per heavy atom. The summed E-state index contributed by atoms with van der Waals surface area (Å²) < 4.78 is 5.76. The van der Waals surface area contributed by atoms with Crippen LogP contribution in [0.4, 0.5) is 0 Å². The van der Waals surface area contributed by atoms with Gasteiger partial charge in [0.05, 0.1) is 6.10 Å². The first-order valence-corrected chi connectivity index (χ1v) is 6.21. The third-order valence-electron chi connectivity index (χ3n) is 3.03. The highest BCUT2D eigenvalue weighted by atomic mass is 16.5. The molecule has 1 amide bonds. The predicted octanol–water partition coefficient (Wildman–Crippen LogP) is 2.49. The molecule has 0 bridgehead atoms. The van der Waals surface area contributed by atoms with Crippen LogP contribution in [0.3, 0.4) is 0 Å². The summed E-state index contributed by atoms with van der Waals surface area (Å²) in [6.07, 6.45) is 1.03. The Labute approximate surface area is 102 Å². The van der Waals surface area contributed by atoms with Crippen molar-refractivity contribution in [2.75, 3.05) is 13.1 Å². The summed E-state index contributed by atoms with van der Waals surface area (Å²) >= 11 is 0. The van der Waals surface area contributed by atoms with Crippen LogP contribution in [0.15, 0.2) is 18.2 Å². The maximum absolute atomic E-state index is 12.2. The Morgan fingerprint density at radius 1 is 1.41 bits per heavy atom. The molecule has 0 aromatic heterocycles. The van der Waals surface area contributed by atoms with Crippen LogP contribution in [-0.2, 0) is 6.42 Å². The lowest BCUT2D eigenvalue weighted by Gasteiger charge is -2.29. The summed E-state index contributed by atoms with van der Waals surface area (Å²) in [7, 11) is 0. The summed E-state index contributed by atoms with van der Waals surface area (Å²) in [4.78, 5) is 14.0. The second kappa shape index (κ2) is 4.78. The average Bonchev–Trinajstić information content (AvgIpc) is 2.30. The van der Waals surface area contributed by atoms with Crippen LogP contribution in [0.5, 0.6) is 5.75 Å². The zero-order valence-electron chi connectivity index (χ0n) is 10.7. The lowest BCUT2D eigenvalue weighted by molar-refractivity contribution is 0.0746. The molecule has 3 nitrogen and oxygen atoms in total. The van der Waals surface area contributed by atoms with Crippen molar-refractivity contribution in [3.8, 4) is 5.75 Å². The maximum Gasteiger partial charge on any atom is 0.254 e. The molecule has 0 saturated heterocycles. The Hall–Kier alpha value is -1.51. The van der Waals surface area contributed by atoms with Gasteiger partial charge in [-0.25, -0.2) is 0 Å². The van der Waals surface area contributed by atoms with Crippen molar-refractivity contribution in [2.45, 2.75) is 33.3 Å². The molecule has 0 N–H and O–H groups in total. The van der Waals surface area contributed by atoms with Crippen LogP contribution in [-0.4, -0.2) is 30.0 Å². The van der Waals surface area contributed by atoms with E-state index in [1.807, 2.05) is 43.9 Å². The van der Waals surface area contributed by atoms with Crippen molar-refractivity contribution in [3.05, 3.63) is 29.3 Å². The topological polar surface area (TPSA) is 29.5 Å². The zero-order valence-corrected chi connectivity index (χ0v) is 10.7. The molecular weight excluding hydrogens is 214 g/mol. The molecule has 3 heteroatoms. The number of rotatable bonds is 3. The number of carbonyl (C=O) groups is 1. The van der Waals surface area contributed by atoms with Crippen LogP contribution in [0.2, 0.25) is 0 Å². The van der Waals surface area contributed by atoms with Crippen LogP contribution in [0, 0.1) is 0 Å². The number of amides is 1. The quantitative estimate of drug-likeness (QED) is 0.802. The molecule has 0 atom stereocenters. The SMILES string of the molecule is CCN1CCc2c(OC(C)C)cccc2C1=O. The predicted molar refractivity (Wildman–Crippen MR) is 67.5 cm³/mol. The van der Waals surface area contributed by atoms with Crippen molar-refractivity contribution in [3.63, 3.8) is 0 Å². The van der Waals surface area contributed by atoms with E-state index in [2.05, 4.69) is 0 Å². The molecule has 1 aromatic rings. The number of carbonyl (C=O) groups excluding carboxylic acids is 1. The van der Waals surface area contributed by atoms with Gasteiger partial charge in [-0.15, -0.1) is 0 Å². The normalized spacial score (nSPS) is 15.1. The largest absolute Gasteiger partial charge is 0.491 e. The zero-order chi connectivity index (χ0) is 12.4. The summed E-state index contributed by atoms with van der Waals surface area (Å²) in [6.45, 7) is 7.58. The van der Waals surface area contributed by atoms with E-state index in [0.717, 1.165) is 36.4 Å². The van der Waals surface area contributed by atoms with Gasteiger partial charge in [0, 0.05) is 24.2 Å². The van der Waals surface area contributed by atoms with E-state index < -0.39 is 0 Å². The molecule has 0 spiro atoms. The minimum atomic E-state index is 0.128. The molecule has 0 saturated carbocycles. The molecule has 0 fully saturated rings. The first kappa shape index (κ1) is 12.0. The van der Waals surface area contributed by atoms with E-state index in [4.69, 9.17) is 4.74 Å². The minimum absolute atomic E-state index is 0.128. The molecule has 1 heterocycles. The van der Waals surface area contributed by atoms with Gasteiger partial charge in [0.2, 0.25) is 0 Å². The standard InChI is InChI=1S/C14H19NO2/c1-4-15-9-8-11-12(14(15)16)6-5-7-13(11)17-10(2)3/h5-7,10H,4,8-9H2,1-3H3. The smallest absolute Gasteiger partial charge is 0.254 e. The van der Waals surface area contributed by atoms with Gasteiger partial charge in [-0.3, -0.25) is 4.79 Å². The molecule has 2 rings (SSSR count). The van der Waals surface area contributed by atoms with Crippen molar-refractivity contribution in [2.24, 2.45) is 0 Å². The molecule has 0 unspecified atom stereocenters. The van der Waals surface area contributed by atoms with Gasteiger partial charge >= 0.3 is 0 Å². The molecule has 1 aliphatic heterocycles. The lowest BCUT2D eigenvalue weighted by Crippen LogP contribution is -2.37. The van der Waals surface area contributed by atoms with Gasteiger partial charge in [-0.2, -0.15) is 0 Å². The number of nitrogens with zero attached hydrogens (tertiary/aromatic N) is 1. The summed E-state index contributed by atoms with van der Waals surface area (Å²) in [5.74, 6) is 0.990. The van der Waals surface area contributed by atoms with Crippen LogP contribution in [0.25, 0.3) is 0 Å². The Morgan fingerprint density at radius 2 is 2.18 bits per heavy atom. The Balaban J connectivity index is 2.37. The van der Waals surface area contributed by atoms with E-state index in [9.17, 15) is 4.79 Å². The molecule has 1 aromatic carbocycles. The highest BCUT2D eigenvalue weighted by Crippen LogP contribution is 2.28. The van der Waals surface area contributed by atoms with Crippen molar-refractivity contribution >= 4 is 5.91 Å². The number of ether oxygens (including phenoxy) is 1. The highest BCUT2D eigenvalue weighted by Gasteiger charge is 2.25. The van der Waals surface area contributed by atoms with E-state index in [1.54, 1.807) is 0 Å². The second-order valence-electron chi connectivity index (χ2n) is 4.58. The Bertz CT molecular complexity index is 426. The maximum atomic E-state index is 12.2. The summed E-state index contributed by atoms with van der Waals surface area (Å²) in [5.41, 5.74) is 1.87. The highest BCUT2D eigenvalue weighted by molar-refractivity contribution is 5.97. The van der Waals surface area contributed by atoms with Crippen LogP contribution < -0.4 is 4.74 Å². The van der Waals surface area contributed by atoms with Gasteiger partial charge in [0.25, 0.3) is 5.91 Å². The third kappa shape index (κ3) is 2.28. The minimum Gasteiger partial charge on any atom is -0.491 e. The second-order valence-corrected chi connectivity index (χ2v) is 4.58. The van der Waals surface area contributed by atoms with E-state index in [0.29, 0.717) is 0 Å². The van der Waals surface area contributed by atoms with Gasteiger partial charge in [0.1, 0.15) is 5.75 Å². The van der Waals surface area contributed by atoms with Crippen LogP contribution in [0.1, 0.15) is 36.7 Å². The van der Waals surface area contributed by atoms with Crippen molar-refractivity contribution in [1.82, 2.24) is 4.90 Å². The molecule has 0 radical (unpaired) electrons. The van der Waals surface area contributed by atoms with Crippen LogP contribution >= 0.6 is 0 Å². The Kier molecular flexibility index (Phi) is 3.36. The fraction of sp³-hybridized carbons (Fsp3) is 0.500. The summed E-state index contributed by atoms with van der Waals surface area (Å²) in [5, 5.41) is 0. The number of likely N-dealkylation sites (N-methyl/N-ethyl adjacent to an activating group) is 1. The van der Waals surface area contributed by atoms with E-state index in [-0.39, 0.29) is 12.0 Å². The van der Waals surface area contributed by atoms with E-state index in [1.165, 1.54) is 0 Å². The van der Waals surface area contributed by atoms with Gasteiger partial charge in [-0.1, -0.05) is 6.07 Å². The fourth-order valence-corrected chi connectivity index (χ4v) is 2.21. The van der Waals surface area contributed by atoms with Gasteiger partial charge in [0.15, 0.2) is 0 Å². The van der Waals surface area contributed by atoms with E-state index >= 15 is 0 Å². The number of hydrogen-bond donors (Lipinski definition) is 0. The van der Waals surface area contributed by atoms with Gasteiger partial charge in [-0.05, 0) is 39.3 Å². The average molecular weight is 233 g/mol. The number of fused-ring (bicyclic) bond motifs is 1. The van der Waals surface area contributed by atoms with Gasteiger partial charge < -0.3 is 9.64 Å².